The average Bonchev–Trinajstić information content (AvgIpc) is 2.64. The molecule has 0 aliphatic rings. The quantitative estimate of drug-likeness (QED) is 0.690. The largest absolute Gasteiger partial charge is 0.324 e. The van der Waals surface area contributed by atoms with Gasteiger partial charge < -0.3 is 10.6 Å². The number of hydrogen-bond donors (Lipinski definition) is 2. The molecule has 0 radical (unpaired) electrons. The summed E-state index contributed by atoms with van der Waals surface area (Å²) in [6.07, 6.45) is 2.90. The van der Waals surface area contributed by atoms with Crippen LogP contribution in [-0.4, -0.2) is 15.9 Å². The van der Waals surface area contributed by atoms with Gasteiger partial charge in [-0.2, -0.15) is 0 Å². The second-order valence-electron chi connectivity index (χ2n) is 7.18. The van der Waals surface area contributed by atoms with Crippen molar-refractivity contribution < 1.29 is 9.18 Å². The van der Waals surface area contributed by atoms with Crippen molar-refractivity contribution in [3.05, 3.63) is 77.9 Å². The Kier molecular flexibility index (Phi) is 5.16. The number of aromatic nitrogens is 2. The van der Waals surface area contributed by atoms with Crippen molar-refractivity contribution >= 4 is 23.2 Å². The van der Waals surface area contributed by atoms with Crippen LogP contribution in [0, 0.1) is 5.82 Å². The molecule has 6 heteroatoms. The number of nitrogens with one attached hydrogen (secondary N) is 2. The Hall–Kier alpha value is -3.28. The maximum atomic E-state index is 12.9. The molecule has 5 nitrogen and oxygen atoms in total. The highest BCUT2D eigenvalue weighted by Crippen LogP contribution is 2.30. The summed E-state index contributed by atoms with van der Waals surface area (Å²) >= 11 is 0. The second-order valence-corrected chi connectivity index (χ2v) is 7.18. The Labute approximate surface area is 157 Å². The zero-order chi connectivity index (χ0) is 19.4. The molecule has 0 atom stereocenters. The molecular formula is C21H21FN4O. The van der Waals surface area contributed by atoms with Crippen LogP contribution in [0.3, 0.4) is 0 Å². The van der Waals surface area contributed by atoms with Crippen molar-refractivity contribution in [3.8, 4) is 0 Å². The van der Waals surface area contributed by atoms with Crippen LogP contribution in [0.4, 0.5) is 21.7 Å². The van der Waals surface area contributed by atoms with Gasteiger partial charge in [-0.25, -0.2) is 14.4 Å². The number of rotatable bonds is 4. The molecule has 0 saturated carbocycles. The summed E-state index contributed by atoms with van der Waals surface area (Å²) in [5, 5.41) is 5.88. The molecule has 0 bridgehead atoms. The summed E-state index contributed by atoms with van der Waals surface area (Å²) in [6.45, 7) is 6.41. The van der Waals surface area contributed by atoms with E-state index in [2.05, 4.69) is 47.4 Å². The Balaban J connectivity index is 1.72. The SMILES string of the molecule is CC(C)(C)c1ccccc1Nc1ncc(C(=O)Nc2ccc(F)cc2)cn1. The lowest BCUT2D eigenvalue weighted by Gasteiger charge is -2.22. The van der Waals surface area contributed by atoms with E-state index in [1.54, 1.807) is 0 Å². The Morgan fingerprint density at radius 2 is 1.59 bits per heavy atom. The molecule has 1 amide bonds. The number of benzene rings is 2. The fourth-order valence-electron chi connectivity index (χ4n) is 2.61. The number of carbonyl (C=O) groups is 1. The lowest BCUT2D eigenvalue weighted by Crippen LogP contribution is -2.15. The van der Waals surface area contributed by atoms with E-state index >= 15 is 0 Å². The third-order valence-electron chi connectivity index (χ3n) is 4.00. The van der Waals surface area contributed by atoms with Crippen LogP contribution in [0.5, 0.6) is 0 Å². The molecule has 0 aliphatic carbocycles. The molecule has 0 unspecified atom stereocenters. The molecule has 0 spiro atoms. The smallest absolute Gasteiger partial charge is 0.258 e. The molecule has 27 heavy (non-hydrogen) atoms. The van der Waals surface area contributed by atoms with Gasteiger partial charge in [0.2, 0.25) is 5.95 Å². The fraction of sp³-hybridized carbons (Fsp3) is 0.190. The fourth-order valence-corrected chi connectivity index (χ4v) is 2.61. The third kappa shape index (κ3) is 4.67. The van der Waals surface area contributed by atoms with Gasteiger partial charge in [0.15, 0.2) is 0 Å². The van der Waals surface area contributed by atoms with Gasteiger partial charge in [-0.15, -0.1) is 0 Å². The first-order valence-electron chi connectivity index (χ1n) is 8.58. The minimum atomic E-state index is -0.359. The van der Waals surface area contributed by atoms with E-state index in [4.69, 9.17) is 0 Å². The maximum absolute atomic E-state index is 12.9. The molecule has 2 aromatic carbocycles. The standard InChI is InChI=1S/C21H21FN4O/c1-21(2,3)17-6-4-5-7-18(17)26-20-23-12-14(13-24-20)19(27)25-16-10-8-15(22)9-11-16/h4-13H,1-3H3,(H,25,27)(H,23,24,26). The van der Waals surface area contributed by atoms with Crippen LogP contribution in [0.15, 0.2) is 60.9 Å². The molecular weight excluding hydrogens is 343 g/mol. The van der Waals surface area contributed by atoms with Crippen LogP contribution in [-0.2, 0) is 5.41 Å². The van der Waals surface area contributed by atoms with E-state index in [0.29, 0.717) is 17.2 Å². The van der Waals surface area contributed by atoms with E-state index in [-0.39, 0.29) is 17.1 Å². The van der Waals surface area contributed by atoms with Gasteiger partial charge in [-0.3, -0.25) is 4.79 Å². The molecule has 1 heterocycles. The second kappa shape index (κ2) is 7.53. The third-order valence-corrected chi connectivity index (χ3v) is 4.00. The number of anilines is 3. The van der Waals surface area contributed by atoms with Crippen LogP contribution in [0.2, 0.25) is 0 Å². The van der Waals surface area contributed by atoms with E-state index < -0.39 is 0 Å². The van der Waals surface area contributed by atoms with Gasteiger partial charge in [-0.05, 0) is 41.3 Å². The monoisotopic (exact) mass is 364 g/mol. The predicted molar refractivity (Wildman–Crippen MR) is 105 cm³/mol. The Morgan fingerprint density at radius 1 is 0.963 bits per heavy atom. The Bertz CT molecular complexity index is 932. The van der Waals surface area contributed by atoms with Crippen LogP contribution >= 0.6 is 0 Å². The summed E-state index contributed by atoms with van der Waals surface area (Å²) in [5.41, 5.74) is 2.86. The van der Waals surface area contributed by atoms with Crippen molar-refractivity contribution in [2.45, 2.75) is 26.2 Å². The Morgan fingerprint density at radius 3 is 2.22 bits per heavy atom. The van der Waals surface area contributed by atoms with Gasteiger partial charge in [0.05, 0.1) is 5.56 Å². The highest BCUT2D eigenvalue weighted by Gasteiger charge is 2.18. The molecule has 0 saturated heterocycles. The zero-order valence-corrected chi connectivity index (χ0v) is 15.5. The van der Waals surface area contributed by atoms with E-state index in [1.165, 1.54) is 36.7 Å². The predicted octanol–water partition coefficient (Wildman–Crippen LogP) is 4.91. The molecule has 2 N–H and O–H groups in total. The first-order chi connectivity index (χ1) is 12.8. The summed E-state index contributed by atoms with van der Waals surface area (Å²) in [6, 6.07) is 13.5. The molecule has 0 aliphatic heterocycles. The van der Waals surface area contributed by atoms with Crippen molar-refractivity contribution in [2.75, 3.05) is 10.6 Å². The lowest BCUT2D eigenvalue weighted by atomic mass is 9.86. The van der Waals surface area contributed by atoms with Gasteiger partial charge in [0.1, 0.15) is 5.82 Å². The first-order valence-corrected chi connectivity index (χ1v) is 8.58. The zero-order valence-electron chi connectivity index (χ0n) is 15.5. The molecule has 3 aromatic rings. The van der Waals surface area contributed by atoms with Gasteiger partial charge in [0, 0.05) is 23.8 Å². The number of amides is 1. The van der Waals surface area contributed by atoms with Crippen LogP contribution in [0.25, 0.3) is 0 Å². The molecule has 0 fully saturated rings. The molecule has 3 rings (SSSR count). The van der Waals surface area contributed by atoms with E-state index in [9.17, 15) is 9.18 Å². The minimum Gasteiger partial charge on any atom is -0.324 e. The highest BCUT2D eigenvalue weighted by atomic mass is 19.1. The topological polar surface area (TPSA) is 66.9 Å². The van der Waals surface area contributed by atoms with Crippen LogP contribution in [0.1, 0.15) is 36.7 Å². The summed E-state index contributed by atoms with van der Waals surface area (Å²) in [4.78, 5) is 20.7. The summed E-state index contributed by atoms with van der Waals surface area (Å²) in [7, 11) is 0. The van der Waals surface area contributed by atoms with Crippen molar-refractivity contribution in [1.82, 2.24) is 9.97 Å². The van der Waals surface area contributed by atoms with Gasteiger partial charge >= 0.3 is 0 Å². The minimum absolute atomic E-state index is 0.0292. The number of carbonyl (C=O) groups excluding carboxylic acids is 1. The van der Waals surface area contributed by atoms with Crippen molar-refractivity contribution in [3.63, 3.8) is 0 Å². The lowest BCUT2D eigenvalue weighted by molar-refractivity contribution is 0.102. The number of hydrogen-bond acceptors (Lipinski definition) is 4. The van der Waals surface area contributed by atoms with E-state index in [0.717, 1.165) is 11.3 Å². The highest BCUT2D eigenvalue weighted by molar-refractivity contribution is 6.03. The number of halogens is 1. The normalized spacial score (nSPS) is 11.1. The number of nitrogens with zero attached hydrogens (tertiary/aromatic N) is 2. The van der Waals surface area contributed by atoms with Gasteiger partial charge in [-0.1, -0.05) is 39.0 Å². The maximum Gasteiger partial charge on any atom is 0.258 e. The number of para-hydroxylation sites is 1. The first kappa shape index (κ1) is 18.5. The van der Waals surface area contributed by atoms with E-state index in [1.807, 2.05) is 18.2 Å². The van der Waals surface area contributed by atoms with Crippen molar-refractivity contribution in [2.24, 2.45) is 0 Å². The van der Waals surface area contributed by atoms with Crippen molar-refractivity contribution in [1.29, 1.82) is 0 Å². The van der Waals surface area contributed by atoms with Crippen LogP contribution < -0.4 is 10.6 Å². The average molecular weight is 364 g/mol. The molecule has 138 valence electrons. The van der Waals surface area contributed by atoms with Gasteiger partial charge in [0.25, 0.3) is 5.91 Å². The summed E-state index contributed by atoms with van der Waals surface area (Å²) < 4.78 is 12.9. The molecule has 1 aromatic heterocycles. The summed E-state index contributed by atoms with van der Waals surface area (Å²) in [5.74, 6) is -0.310.